The van der Waals surface area contributed by atoms with Gasteiger partial charge in [-0.2, -0.15) is 20.1 Å². The topological polar surface area (TPSA) is 26.3 Å². The fourth-order valence-electron chi connectivity index (χ4n) is 2.61. The van der Waals surface area contributed by atoms with E-state index in [0.29, 0.717) is 5.56 Å². The van der Waals surface area contributed by atoms with Gasteiger partial charge in [-0.1, -0.05) is 42.5 Å². The minimum Gasteiger partial charge on any atom is -0.420 e. The molecule has 0 aliphatic heterocycles. The van der Waals surface area contributed by atoms with Gasteiger partial charge in [0.05, 0.1) is 5.92 Å². The minimum absolute atomic E-state index is 0.0914. The average molecular weight is 424 g/mol. The van der Waals surface area contributed by atoms with Crippen LogP contribution in [0, 0.1) is 29.1 Å². The molecule has 0 spiro atoms. The standard InChI is InChI=1S/C21H13F5O2S/c22-15-16(23)18(25)20(19(26)17(15)24)28-21(27)14(13-6-2-1-3-7-13)8-4-5-12-9-10-29-11-12/h1-7,9-11,14H,8H2/b5-4+/t14-/m1/s1. The molecule has 0 unspecified atom stereocenters. The van der Waals surface area contributed by atoms with Gasteiger partial charge in [-0.3, -0.25) is 4.79 Å². The predicted octanol–water partition coefficient (Wildman–Crippen LogP) is 6.24. The number of ether oxygens (including phenoxy) is 1. The molecule has 0 saturated heterocycles. The Balaban J connectivity index is 1.89. The van der Waals surface area contributed by atoms with Gasteiger partial charge in [-0.25, -0.2) is 13.2 Å². The van der Waals surface area contributed by atoms with Crippen molar-refractivity contribution < 1.29 is 31.5 Å². The van der Waals surface area contributed by atoms with Crippen LogP contribution >= 0.6 is 11.3 Å². The number of esters is 1. The number of carbonyl (C=O) groups excluding carboxylic acids is 1. The van der Waals surface area contributed by atoms with Crippen molar-refractivity contribution in [2.75, 3.05) is 0 Å². The Bertz CT molecular complexity index is 1000. The molecular formula is C21H13F5O2S. The van der Waals surface area contributed by atoms with E-state index >= 15 is 0 Å². The molecule has 1 aromatic heterocycles. The quantitative estimate of drug-likeness (QED) is 0.154. The first-order chi connectivity index (χ1) is 13.9. The molecule has 0 radical (unpaired) electrons. The molecule has 2 nitrogen and oxygen atoms in total. The van der Waals surface area contributed by atoms with Gasteiger partial charge in [-0.15, -0.1) is 0 Å². The molecule has 3 aromatic rings. The molecule has 2 aromatic carbocycles. The maximum atomic E-state index is 13.9. The molecule has 1 atom stereocenters. The summed E-state index contributed by atoms with van der Waals surface area (Å²) in [6, 6.07) is 10.1. The van der Waals surface area contributed by atoms with Crippen molar-refractivity contribution in [3.05, 3.63) is 93.4 Å². The van der Waals surface area contributed by atoms with Gasteiger partial charge in [0.15, 0.2) is 0 Å². The van der Waals surface area contributed by atoms with Crippen molar-refractivity contribution in [3.63, 3.8) is 0 Å². The third-order valence-corrected chi connectivity index (χ3v) is 4.79. The van der Waals surface area contributed by atoms with E-state index in [-0.39, 0.29) is 6.42 Å². The van der Waals surface area contributed by atoms with Gasteiger partial charge in [0.25, 0.3) is 0 Å². The predicted molar refractivity (Wildman–Crippen MR) is 99.0 cm³/mol. The lowest BCUT2D eigenvalue weighted by atomic mass is 9.95. The summed E-state index contributed by atoms with van der Waals surface area (Å²) in [6.07, 6.45) is 3.51. The van der Waals surface area contributed by atoms with Gasteiger partial charge < -0.3 is 4.74 Å². The van der Waals surface area contributed by atoms with Crippen LogP contribution in [0.4, 0.5) is 22.0 Å². The fraction of sp³-hybridized carbons (Fsp3) is 0.0952. The number of hydrogen-bond acceptors (Lipinski definition) is 3. The highest BCUT2D eigenvalue weighted by Gasteiger charge is 2.31. The van der Waals surface area contributed by atoms with Crippen molar-refractivity contribution in [1.82, 2.24) is 0 Å². The Labute approximate surface area is 166 Å². The monoisotopic (exact) mass is 424 g/mol. The number of thiophene rings is 1. The summed E-state index contributed by atoms with van der Waals surface area (Å²) in [5, 5.41) is 3.74. The van der Waals surface area contributed by atoms with Crippen LogP contribution < -0.4 is 4.74 Å². The summed E-state index contributed by atoms with van der Waals surface area (Å²) in [5.74, 6) is -14.9. The van der Waals surface area contributed by atoms with Crippen molar-refractivity contribution >= 4 is 23.4 Å². The summed E-state index contributed by atoms with van der Waals surface area (Å²) in [7, 11) is 0. The van der Waals surface area contributed by atoms with E-state index in [1.807, 2.05) is 16.8 Å². The molecule has 0 bridgehead atoms. The largest absolute Gasteiger partial charge is 0.420 e. The second kappa shape index (κ2) is 9.00. The molecule has 0 aliphatic carbocycles. The fourth-order valence-corrected chi connectivity index (χ4v) is 3.24. The van der Waals surface area contributed by atoms with Crippen LogP contribution in [-0.2, 0) is 4.79 Å². The van der Waals surface area contributed by atoms with E-state index in [4.69, 9.17) is 0 Å². The molecule has 0 saturated carbocycles. The normalized spacial score (nSPS) is 12.3. The zero-order valence-corrected chi connectivity index (χ0v) is 15.5. The average Bonchev–Trinajstić information content (AvgIpc) is 3.25. The molecule has 150 valence electrons. The van der Waals surface area contributed by atoms with E-state index in [1.54, 1.807) is 42.5 Å². The lowest BCUT2D eigenvalue weighted by Crippen LogP contribution is -2.20. The Kier molecular flexibility index (Phi) is 6.43. The molecule has 3 rings (SSSR count). The van der Waals surface area contributed by atoms with Crippen LogP contribution in [0.5, 0.6) is 5.75 Å². The summed E-state index contributed by atoms with van der Waals surface area (Å²) >= 11 is 1.48. The molecule has 8 heteroatoms. The van der Waals surface area contributed by atoms with Crippen molar-refractivity contribution in [2.45, 2.75) is 12.3 Å². The van der Waals surface area contributed by atoms with Gasteiger partial charge in [0, 0.05) is 0 Å². The van der Waals surface area contributed by atoms with Crippen molar-refractivity contribution in [2.24, 2.45) is 0 Å². The number of carbonyl (C=O) groups is 1. The summed E-state index contributed by atoms with van der Waals surface area (Å²) in [4.78, 5) is 12.6. The molecule has 29 heavy (non-hydrogen) atoms. The smallest absolute Gasteiger partial charge is 0.319 e. The lowest BCUT2D eigenvalue weighted by Gasteiger charge is -2.16. The Morgan fingerprint density at radius 1 is 0.931 bits per heavy atom. The number of halogens is 5. The molecule has 0 aliphatic rings. The van der Waals surface area contributed by atoms with Crippen LogP contribution in [0.2, 0.25) is 0 Å². The highest BCUT2D eigenvalue weighted by Crippen LogP contribution is 2.31. The molecule has 0 N–H and O–H groups in total. The van der Waals surface area contributed by atoms with Crippen LogP contribution in [-0.4, -0.2) is 5.97 Å². The number of benzene rings is 2. The number of rotatable bonds is 6. The zero-order valence-electron chi connectivity index (χ0n) is 14.7. The first kappa shape index (κ1) is 20.7. The molecular weight excluding hydrogens is 411 g/mol. The first-order valence-electron chi connectivity index (χ1n) is 8.37. The van der Waals surface area contributed by atoms with E-state index < -0.39 is 46.7 Å². The Hall–Kier alpha value is -3.00. The van der Waals surface area contributed by atoms with Crippen molar-refractivity contribution in [3.8, 4) is 5.75 Å². The van der Waals surface area contributed by atoms with E-state index in [9.17, 15) is 26.7 Å². The van der Waals surface area contributed by atoms with Crippen LogP contribution in [0.25, 0.3) is 6.08 Å². The second-order valence-corrected chi connectivity index (χ2v) is 6.76. The highest BCUT2D eigenvalue weighted by atomic mass is 32.1. The van der Waals surface area contributed by atoms with Gasteiger partial charge in [0.2, 0.25) is 34.8 Å². The molecule has 0 amide bonds. The molecule has 0 fully saturated rings. The van der Waals surface area contributed by atoms with E-state index in [1.165, 1.54) is 11.3 Å². The van der Waals surface area contributed by atoms with Gasteiger partial charge >= 0.3 is 5.97 Å². The highest BCUT2D eigenvalue weighted by molar-refractivity contribution is 7.08. The maximum Gasteiger partial charge on any atom is 0.319 e. The number of hydrogen-bond donors (Lipinski definition) is 0. The zero-order chi connectivity index (χ0) is 21.0. The van der Waals surface area contributed by atoms with Crippen molar-refractivity contribution in [1.29, 1.82) is 0 Å². The summed E-state index contributed by atoms with van der Waals surface area (Å²) in [5.41, 5.74) is 1.37. The first-order valence-corrected chi connectivity index (χ1v) is 9.31. The van der Waals surface area contributed by atoms with Crippen LogP contribution in [0.15, 0.2) is 53.2 Å². The van der Waals surface area contributed by atoms with Crippen LogP contribution in [0.1, 0.15) is 23.5 Å². The third-order valence-electron chi connectivity index (χ3n) is 4.08. The third kappa shape index (κ3) is 4.54. The van der Waals surface area contributed by atoms with E-state index in [0.717, 1.165) is 5.56 Å². The summed E-state index contributed by atoms with van der Waals surface area (Å²) in [6.45, 7) is 0. The summed E-state index contributed by atoms with van der Waals surface area (Å²) < 4.78 is 72.3. The Morgan fingerprint density at radius 2 is 1.55 bits per heavy atom. The van der Waals surface area contributed by atoms with Crippen LogP contribution in [0.3, 0.4) is 0 Å². The molecule has 1 heterocycles. The van der Waals surface area contributed by atoms with Gasteiger partial charge in [-0.05, 0) is 34.4 Å². The second-order valence-electron chi connectivity index (χ2n) is 5.98. The van der Waals surface area contributed by atoms with Gasteiger partial charge in [0.1, 0.15) is 0 Å². The maximum absolute atomic E-state index is 13.9. The SMILES string of the molecule is O=C(Oc1c(F)c(F)c(F)c(F)c1F)[C@H](C/C=C/c1ccsc1)c1ccccc1. The lowest BCUT2D eigenvalue weighted by molar-refractivity contribution is -0.136. The Morgan fingerprint density at radius 3 is 2.14 bits per heavy atom. The number of allylic oxidation sites excluding steroid dienone is 1. The van der Waals surface area contributed by atoms with E-state index in [2.05, 4.69) is 4.74 Å². The minimum atomic E-state index is -2.32.